The molecule has 4 nitrogen and oxygen atoms in total. The number of halogens is 1. The number of rotatable bonds is 2. The van der Waals surface area contributed by atoms with Gasteiger partial charge in [-0.3, -0.25) is 0 Å². The minimum atomic E-state index is 0.430. The molecule has 0 bridgehead atoms. The minimum absolute atomic E-state index is 0.430. The van der Waals surface area contributed by atoms with E-state index in [4.69, 9.17) is 22.1 Å². The Morgan fingerprint density at radius 1 is 1.22 bits per heavy atom. The molecule has 116 valence electrons. The first-order valence-corrected chi connectivity index (χ1v) is 8.47. The minimum Gasteiger partial charge on any atom is -0.455 e. The molecule has 1 aliphatic rings. The fraction of sp³-hybridized carbons (Fsp3) is 0.118. The highest BCUT2D eigenvalue weighted by Crippen LogP contribution is 2.44. The molecule has 0 fully saturated rings. The lowest BCUT2D eigenvalue weighted by Gasteiger charge is -2.21. The van der Waals surface area contributed by atoms with Gasteiger partial charge in [-0.1, -0.05) is 29.8 Å². The Labute approximate surface area is 143 Å². The summed E-state index contributed by atoms with van der Waals surface area (Å²) in [5.74, 6) is 1.62. The standard InChI is InChI=1S/C17H14ClN3OS/c18-12-5-6-16-14(7-12)21(17-20-13(8-19)10-23-17)9-11-3-1-2-4-15(11)22-16/h1-7,10H,8-9,19H2. The van der Waals surface area contributed by atoms with Gasteiger partial charge in [-0.15, -0.1) is 11.3 Å². The molecular formula is C17H14ClN3OS. The molecule has 0 radical (unpaired) electrons. The SMILES string of the molecule is NCc1csc(N2Cc3ccccc3Oc3ccc(Cl)cc32)n1. The van der Waals surface area contributed by atoms with Crippen molar-refractivity contribution in [1.29, 1.82) is 0 Å². The Hall–Kier alpha value is -2.08. The van der Waals surface area contributed by atoms with Gasteiger partial charge in [0.2, 0.25) is 0 Å². The lowest BCUT2D eigenvalue weighted by atomic mass is 10.2. The van der Waals surface area contributed by atoms with Crippen molar-refractivity contribution in [3.05, 3.63) is 64.1 Å². The molecule has 23 heavy (non-hydrogen) atoms. The zero-order chi connectivity index (χ0) is 15.8. The molecule has 0 atom stereocenters. The first kappa shape index (κ1) is 14.5. The third-order valence-electron chi connectivity index (χ3n) is 3.71. The predicted octanol–water partition coefficient (Wildman–Crippen LogP) is 4.70. The summed E-state index contributed by atoms with van der Waals surface area (Å²) in [6.07, 6.45) is 0. The molecule has 4 rings (SSSR count). The molecule has 1 aromatic heterocycles. The molecule has 0 aliphatic carbocycles. The van der Waals surface area contributed by atoms with E-state index < -0.39 is 0 Å². The van der Waals surface area contributed by atoms with Crippen LogP contribution in [-0.4, -0.2) is 4.98 Å². The largest absolute Gasteiger partial charge is 0.455 e. The number of thiazole rings is 1. The van der Waals surface area contributed by atoms with E-state index in [-0.39, 0.29) is 0 Å². The van der Waals surface area contributed by atoms with Crippen LogP contribution >= 0.6 is 22.9 Å². The van der Waals surface area contributed by atoms with Gasteiger partial charge in [0, 0.05) is 22.5 Å². The second-order valence-corrected chi connectivity index (χ2v) is 6.51. The van der Waals surface area contributed by atoms with Crippen LogP contribution in [0.15, 0.2) is 47.8 Å². The van der Waals surface area contributed by atoms with Gasteiger partial charge >= 0.3 is 0 Å². The molecule has 0 spiro atoms. The maximum absolute atomic E-state index is 6.21. The third kappa shape index (κ3) is 2.67. The van der Waals surface area contributed by atoms with Gasteiger partial charge < -0.3 is 15.4 Å². The van der Waals surface area contributed by atoms with E-state index in [1.165, 1.54) is 0 Å². The molecular weight excluding hydrogens is 330 g/mol. The fourth-order valence-electron chi connectivity index (χ4n) is 2.58. The molecule has 2 heterocycles. The van der Waals surface area contributed by atoms with E-state index in [0.29, 0.717) is 18.1 Å². The predicted molar refractivity (Wildman–Crippen MR) is 93.8 cm³/mol. The van der Waals surface area contributed by atoms with E-state index in [2.05, 4.69) is 16.0 Å². The summed E-state index contributed by atoms with van der Waals surface area (Å²) in [5.41, 5.74) is 8.59. The number of para-hydroxylation sites is 1. The fourth-order valence-corrected chi connectivity index (χ4v) is 3.60. The van der Waals surface area contributed by atoms with Gasteiger partial charge in [-0.05, 0) is 24.3 Å². The maximum Gasteiger partial charge on any atom is 0.190 e. The number of nitrogens with zero attached hydrogens (tertiary/aromatic N) is 2. The van der Waals surface area contributed by atoms with Crippen molar-refractivity contribution in [2.45, 2.75) is 13.1 Å². The Kier molecular flexibility index (Phi) is 3.69. The number of hydrogen-bond donors (Lipinski definition) is 1. The van der Waals surface area contributed by atoms with Crippen LogP contribution < -0.4 is 15.4 Å². The summed E-state index contributed by atoms with van der Waals surface area (Å²) in [4.78, 5) is 6.74. The molecule has 0 saturated heterocycles. The first-order chi connectivity index (χ1) is 11.2. The van der Waals surface area contributed by atoms with Gasteiger partial charge in [-0.25, -0.2) is 4.98 Å². The lowest BCUT2D eigenvalue weighted by Crippen LogP contribution is -2.15. The molecule has 0 amide bonds. The number of benzene rings is 2. The van der Waals surface area contributed by atoms with E-state index in [1.54, 1.807) is 11.3 Å². The van der Waals surface area contributed by atoms with Crippen molar-refractivity contribution in [1.82, 2.24) is 4.98 Å². The zero-order valence-corrected chi connectivity index (χ0v) is 13.8. The van der Waals surface area contributed by atoms with Crippen molar-refractivity contribution >= 4 is 33.8 Å². The van der Waals surface area contributed by atoms with Crippen molar-refractivity contribution < 1.29 is 4.74 Å². The highest BCUT2D eigenvalue weighted by molar-refractivity contribution is 7.13. The summed E-state index contributed by atoms with van der Waals surface area (Å²) in [5, 5.41) is 3.53. The topological polar surface area (TPSA) is 51.4 Å². The van der Waals surface area contributed by atoms with Crippen molar-refractivity contribution in [3.8, 4) is 11.5 Å². The average Bonchev–Trinajstić information content (AvgIpc) is 2.98. The van der Waals surface area contributed by atoms with Gasteiger partial charge in [0.15, 0.2) is 10.9 Å². The Morgan fingerprint density at radius 2 is 2.09 bits per heavy atom. The summed E-state index contributed by atoms with van der Waals surface area (Å²) >= 11 is 7.78. The second-order valence-electron chi connectivity index (χ2n) is 5.23. The van der Waals surface area contributed by atoms with Crippen LogP contribution in [0.1, 0.15) is 11.3 Å². The van der Waals surface area contributed by atoms with Crippen LogP contribution in [0.3, 0.4) is 0 Å². The smallest absolute Gasteiger partial charge is 0.190 e. The van der Waals surface area contributed by atoms with Crippen molar-refractivity contribution in [2.75, 3.05) is 4.90 Å². The molecule has 6 heteroatoms. The molecule has 3 aromatic rings. The molecule has 1 aliphatic heterocycles. The van der Waals surface area contributed by atoms with Gasteiger partial charge in [-0.2, -0.15) is 0 Å². The monoisotopic (exact) mass is 343 g/mol. The van der Waals surface area contributed by atoms with Crippen molar-refractivity contribution in [2.24, 2.45) is 5.73 Å². The van der Waals surface area contributed by atoms with Gasteiger partial charge in [0.1, 0.15) is 5.75 Å². The van der Waals surface area contributed by atoms with Crippen LogP contribution in [0.2, 0.25) is 5.02 Å². The van der Waals surface area contributed by atoms with Crippen LogP contribution in [0.5, 0.6) is 11.5 Å². The zero-order valence-electron chi connectivity index (χ0n) is 12.2. The summed E-state index contributed by atoms with van der Waals surface area (Å²) in [6.45, 7) is 1.10. The van der Waals surface area contributed by atoms with Crippen LogP contribution in [0.4, 0.5) is 10.8 Å². The molecule has 2 N–H and O–H groups in total. The van der Waals surface area contributed by atoms with E-state index in [9.17, 15) is 0 Å². The Morgan fingerprint density at radius 3 is 2.91 bits per heavy atom. The van der Waals surface area contributed by atoms with E-state index in [0.717, 1.165) is 33.6 Å². The molecule has 0 saturated carbocycles. The van der Waals surface area contributed by atoms with Gasteiger partial charge in [0.25, 0.3) is 0 Å². The number of nitrogens with two attached hydrogens (primary N) is 1. The van der Waals surface area contributed by atoms with Crippen molar-refractivity contribution in [3.63, 3.8) is 0 Å². The molecule has 2 aromatic carbocycles. The second kappa shape index (κ2) is 5.85. The molecule has 0 unspecified atom stereocenters. The highest BCUT2D eigenvalue weighted by Gasteiger charge is 2.24. The van der Waals surface area contributed by atoms with Crippen LogP contribution in [0, 0.1) is 0 Å². The highest BCUT2D eigenvalue weighted by atomic mass is 35.5. The summed E-state index contributed by atoms with van der Waals surface area (Å²) in [7, 11) is 0. The van der Waals surface area contributed by atoms with Gasteiger partial charge in [0.05, 0.1) is 17.9 Å². The van der Waals surface area contributed by atoms with E-state index in [1.807, 2.05) is 41.8 Å². The number of hydrogen-bond acceptors (Lipinski definition) is 5. The van der Waals surface area contributed by atoms with E-state index >= 15 is 0 Å². The maximum atomic E-state index is 6.21. The Bertz CT molecular complexity index is 865. The lowest BCUT2D eigenvalue weighted by molar-refractivity contribution is 0.484. The number of aromatic nitrogens is 1. The number of anilines is 2. The summed E-state index contributed by atoms with van der Waals surface area (Å²) < 4.78 is 6.09. The quantitative estimate of drug-likeness (QED) is 0.732. The number of fused-ring (bicyclic) bond motifs is 2. The normalized spacial score (nSPS) is 13.0. The first-order valence-electron chi connectivity index (χ1n) is 7.22. The van der Waals surface area contributed by atoms with Crippen LogP contribution in [0.25, 0.3) is 0 Å². The average molecular weight is 344 g/mol. The Balaban J connectivity index is 1.88. The van der Waals surface area contributed by atoms with Crippen LogP contribution in [-0.2, 0) is 13.1 Å². The third-order valence-corrected chi connectivity index (χ3v) is 4.86. The number of ether oxygens (including phenoxy) is 1. The summed E-state index contributed by atoms with van der Waals surface area (Å²) in [6, 6.07) is 13.7.